The molecule has 1 aliphatic carbocycles. The van der Waals surface area contributed by atoms with Gasteiger partial charge in [-0.05, 0) is 38.4 Å². The van der Waals surface area contributed by atoms with Crippen LogP contribution in [0.4, 0.5) is 10.1 Å². The van der Waals surface area contributed by atoms with E-state index >= 15 is 0 Å². The van der Waals surface area contributed by atoms with E-state index in [1.165, 1.54) is 25.0 Å². The topological polar surface area (TPSA) is 58.4 Å². The highest BCUT2D eigenvalue weighted by molar-refractivity contribution is 5.35. The molecule has 1 fully saturated rings. The fourth-order valence-corrected chi connectivity index (χ4v) is 2.25. The third kappa shape index (κ3) is 3.98. The van der Waals surface area contributed by atoms with Crippen LogP contribution in [-0.2, 0) is 6.54 Å². The highest BCUT2D eigenvalue weighted by Crippen LogP contribution is 2.26. The summed E-state index contributed by atoms with van der Waals surface area (Å²) in [6.45, 7) is 3.35. The number of nitrogens with zero attached hydrogens (tertiary/aromatic N) is 2. The van der Waals surface area contributed by atoms with Crippen LogP contribution in [0.2, 0.25) is 0 Å². The van der Waals surface area contributed by atoms with Crippen molar-refractivity contribution in [1.82, 2.24) is 10.2 Å². The SMILES string of the molecule is CC(CNCc1cc(F)cc([N+](=O)[O-])c1)N(C)C1CC1. The molecule has 2 rings (SSSR count). The van der Waals surface area contributed by atoms with Gasteiger partial charge in [-0.15, -0.1) is 0 Å². The van der Waals surface area contributed by atoms with E-state index in [9.17, 15) is 14.5 Å². The van der Waals surface area contributed by atoms with Crippen molar-refractivity contribution in [1.29, 1.82) is 0 Å². The summed E-state index contributed by atoms with van der Waals surface area (Å²) in [7, 11) is 2.11. The molecule has 1 aliphatic rings. The molecule has 1 atom stereocenters. The van der Waals surface area contributed by atoms with Gasteiger partial charge >= 0.3 is 0 Å². The smallest absolute Gasteiger partial charge is 0.272 e. The van der Waals surface area contributed by atoms with Crippen molar-refractivity contribution in [3.05, 3.63) is 39.7 Å². The lowest BCUT2D eigenvalue weighted by molar-refractivity contribution is -0.385. The molecule has 0 spiro atoms. The molecule has 110 valence electrons. The monoisotopic (exact) mass is 281 g/mol. The van der Waals surface area contributed by atoms with E-state index in [0.29, 0.717) is 24.2 Å². The molecule has 1 aromatic rings. The van der Waals surface area contributed by atoms with E-state index in [2.05, 4.69) is 24.2 Å². The Balaban J connectivity index is 1.85. The van der Waals surface area contributed by atoms with Gasteiger partial charge in [0.2, 0.25) is 0 Å². The fraction of sp³-hybridized carbons (Fsp3) is 0.571. The second kappa shape index (κ2) is 6.28. The molecule has 1 N–H and O–H groups in total. The molecule has 0 aliphatic heterocycles. The van der Waals surface area contributed by atoms with E-state index < -0.39 is 10.7 Å². The highest BCUT2D eigenvalue weighted by Gasteiger charge is 2.28. The zero-order valence-electron chi connectivity index (χ0n) is 11.8. The van der Waals surface area contributed by atoms with Crippen molar-refractivity contribution in [2.24, 2.45) is 0 Å². The van der Waals surface area contributed by atoms with Gasteiger partial charge in [0.25, 0.3) is 5.69 Å². The number of likely N-dealkylation sites (N-methyl/N-ethyl adjacent to an activating group) is 1. The summed E-state index contributed by atoms with van der Waals surface area (Å²) >= 11 is 0. The van der Waals surface area contributed by atoms with Gasteiger partial charge < -0.3 is 5.32 Å². The predicted octanol–water partition coefficient (Wildman–Crippen LogP) is 2.31. The number of nitrogens with one attached hydrogen (secondary N) is 1. The van der Waals surface area contributed by atoms with Crippen LogP contribution in [-0.4, -0.2) is 35.5 Å². The van der Waals surface area contributed by atoms with Gasteiger partial charge in [0.05, 0.1) is 11.0 Å². The molecule has 0 amide bonds. The lowest BCUT2D eigenvalue weighted by Crippen LogP contribution is -2.38. The van der Waals surface area contributed by atoms with Crippen LogP contribution in [0.3, 0.4) is 0 Å². The predicted molar refractivity (Wildman–Crippen MR) is 75.0 cm³/mol. The van der Waals surface area contributed by atoms with E-state index in [1.807, 2.05) is 0 Å². The second-order valence-electron chi connectivity index (χ2n) is 5.45. The number of nitro groups is 1. The number of rotatable bonds is 7. The summed E-state index contributed by atoms with van der Waals surface area (Å²) in [5, 5.41) is 13.9. The number of nitro benzene ring substituents is 1. The molecular formula is C14H20FN3O2. The first-order valence-corrected chi connectivity index (χ1v) is 6.84. The summed E-state index contributed by atoms with van der Waals surface area (Å²) in [6.07, 6.45) is 2.52. The Kier molecular flexibility index (Phi) is 4.67. The Bertz CT molecular complexity index is 491. The molecule has 1 saturated carbocycles. The summed E-state index contributed by atoms with van der Waals surface area (Å²) in [5.74, 6) is -0.570. The largest absolute Gasteiger partial charge is 0.311 e. The summed E-state index contributed by atoms with van der Waals surface area (Å²) in [4.78, 5) is 12.4. The minimum Gasteiger partial charge on any atom is -0.311 e. The Morgan fingerprint density at radius 3 is 2.80 bits per heavy atom. The number of non-ortho nitro benzene ring substituents is 1. The van der Waals surface area contributed by atoms with E-state index in [1.54, 1.807) is 0 Å². The van der Waals surface area contributed by atoms with Gasteiger partial charge in [0, 0.05) is 31.2 Å². The fourth-order valence-electron chi connectivity index (χ4n) is 2.25. The first kappa shape index (κ1) is 14.9. The maximum atomic E-state index is 13.3. The third-order valence-electron chi connectivity index (χ3n) is 3.74. The first-order valence-electron chi connectivity index (χ1n) is 6.84. The zero-order chi connectivity index (χ0) is 14.7. The van der Waals surface area contributed by atoms with Gasteiger partial charge in [-0.2, -0.15) is 0 Å². The molecule has 20 heavy (non-hydrogen) atoms. The Morgan fingerprint density at radius 2 is 2.20 bits per heavy atom. The number of halogens is 1. The van der Waals surface area contributed by atoms with Crippen molar-refractivity contribution >= 4 is 5.69 Å². The summed E-state index contributed by atoms with van der Waals surface area (Å²) in [6, 6.07) is 4.77. The maximum absolute atomic E-state index is 13.3. The van der Waals surface area contributed by atoms with Crippen LogP contribution in [0.25, 0.3) is 0 Å². The lowest BCUT2D eigenvalue weighted by atomic mass is 10.2. The Morgan fingerprint density at radius 1 is 1.50 bits per heavy atom. The van der Waals surface area contributed by atoms with Crippen molar-refractivity contribution < 1.29 is 9.31 Å². The number of benzene rings is 1. The van der Waals surface area contributed by atoms with Crippen LogP contribution in [0.5, 0.6) is 0 Å². The quantitative estimate of drug-likeness (QED) is 0.615. The zero-order valence-corrected chi connectivity index (χ0v) is 11.8. The van der Waals surface area contributed by atoms with Crippen LogP contribution < -0.4 is 5.32 Å². The highest BCUT2D eigenvalue weighted by atomic mass is 19.1. The molecule has 0 heterocycles. The van der Waals surface area contributed by atoms with Crippen molar-refractivity contribution in [2.45, 2.75) is 38.4 Å². The van der Waals surface area contributed by atoms with Gasteiger partial charge in [-0.25, -0.2) is 4.39 Å². The molecule has 6 heteroatoms. The molecule has 1 aromatic carbocycles. The summed E-state index contributed by atoms with van der Waals surface area (Å²) in [5.41, 5.74) is 0.392. The Hall–Kier alpha value is -1.53. The number of hydrogen-bond acceptors (Lipinski definition) is 4. The molecule has 0 radical (unpaired) electrons. The lowest BCUT2D eigenvalue weighted by Gasteiger charge is -2.24. The van der Waals surface area contributed by atoms with E-state index in [4.69, 9.17) is 0 Å². The standard InChI is InChI=1S/C14H20FN3O2/c1-10(17(2)13-3-4-13)8-16-9-11-5-12(15)7-14(6-11)18(19)20/h5-7,10,13,16H,3-4,8-9H2,1-2H3. The average molecular weight is 281 g/mol. The van der Waals surface area contributed by atoms with Crippen LogP contribution >= 0.6 is 0 Å². The first-order chi connectivity index (χ1) is 9.47. The molecule has 1 unspecified atom stereocenters. The third-order valence-corrected chi connectivity index (χ3v) is 3.74. The van der Waals surface area contributed by atoms with Gasteiger partial charge in [0.1, 0.15) is 5.82 Å². The van der Waals surface area contributed by atoms with Gasteiger partial charge in [-0.3, -0.25) is 15.0 Å². The molecular weight excluding hydrogens is 261 g/mol. The van der Waals surface area contributed by atoms with Gasteiger partial charge in [-0.1, -0.05) is 0 Å². The minimum atomic E-state index is -0.573. The van der Waals surface area contributed by atoms with Crippen LogP contribution in [0.15, 0.2) is 18.2 Å². The average Bonchev–Trinajstić information content (AvgIpc) is 3.21. The van der Waals surface area contributed by atoms with Crippen LogP contribution in [0.1, 0.15) is 25.3 Å². The van der Waals surface area contributed by atoms with E-state index in [-0.39, 0.29) is 5.69 Å². The molecule has 5 nitrogen and oxygen atoms in total. The molecule has 0 saturated heterocycles. The minimum absolute atomic E-state index is 0.204. The molecule has 0 bridgehead atoms. The molecule has 0 aromatic heterocycles. The van der Waals surface area contributed by atoms with Crippen LogP contribution in [0, 0.1) is 15.9 Å². The normalized spacial score (nSPS) is 16.4. The second-order valence-corrected chi connectivity index (χ2v) is 5.45. The van der Waals surface area contributed by atoms with Gasteiger partial charge in [0.15, 0.2) is 0 Å². The Labute approximate surface area is 117 Å². The maximum Gasteiger partial charge on any atom is 0.272 e. The number of hydrogen-bond donors (Lipinski definition) is 1. The van der Waals surface area contributed by atoms with E-state index in [0.717, 1.165) is 12.6 Å². The summed E-state index contributed by atoms with van der Waals surface area (Å²) < 4.78 is 13.3. The van der Waals surface area contributed by atoms with Crippen molar-refractivity contribution in [3.63, 3.8) is 0 Å². The van der Waals surface area contributed by atoms with Crippen molar-refractivity contribution in [2.75, 3.05) is 13.6 Å². The van der Waals surface area contributed by atoms with Crippen molar-refractivity contribution in [3.8, 4) is 0 Å².